The van der Waals surface area contributed by atoms with E-state index in [2.05, 4.69) is 10.6 Å². The number of aldehydes is 1. The number of ether oxygens (including phenoxy) is 1. The zero-order valence-corrected chi connectivity index (χ0v) is 14.9. The van der Waals surface area contributed by atoms with Crippen molar-refractivity contribution < 1.29 is 23.9 Å². The van der Waals surface area contributed by atoms with E-state index in [0.29, 0.717) is 17.5 Å². The van der Waals surface area contributed by atoms with Crippen molar-refractivity contribution >= 4 is 29.8 Å². The molecule has 0 bridgehead atoms. The smallest absolute Gasteiger partial charge is 0.338 e. The van der Waals surface area contributed by atoms with Gasteiger partial charge in [-0.1, -0.05) is 37.3 Å². The Hall–Kier alpha value is -3.48. The van der Waals surface area contributed by atoms with E-state index in [1.54, 1.807) is 6.07 Å². The van der Waals surface area contributed by atoms with Crippen LogP contribution < -0.4 is 10.6 Å². The van der Waals surface area contributed by atoms with E-state index in [1.165, 1.54) is 24.3 Å². The maximum Gasteiger partial charge on any atom is 0.338 e. The molecule has 0 atom stereocenters. The van der Waals surface area contributed by atoms with E-state index < -0.39 is 18.5 Å². The highest BCUT2D eigenvalue weighted by molar-refractivity contribution is 5.96. The molecule has 0 aromatic heterocycles. The van der Waals surface area contributed by atoms with Gasteiger partial charge in [-0.3, -0.25) is 14.4 Å². The highest BCUT2D eigenvalue weighted by Crippen LogP contribution is 2.14. The molecule has 0 radical (unpaired) electrons. The van der Waals surface area contributed by atoms with Crippen LogP contribution in [0, 0.1) is 0 Å². The van der Waals surface area contributed by atoms with Crippen molar-refractivity contribution in [2.45, 2.75) is 13.3 Å². The van der Waals surface area contributed by atoms with Gasteiger partial charge in [-0.15, -0.1) is 0 Å². The summed E-state index contributed by atoms with van der Waals surface area (Å²) in [6.07, 6.45) is 1.43. The number of rotatable bonds is 8. The lowest BCUT2D eigenvalue weighted by Crippen LogP contribution is -2.35. The molecular formula is C20H20N2O5. The molecule has 2 rings (SSSR count). The second-order valence-electron chi connectivity index (χ2n) is 5.65. The number of hydrogen-bond donors (Lipinski definition) is 2. The monoisotopic (exact) mass is 368 g/mol. The second-order valence-corrected chi connectivity index (χ2v) is 5.65. The van der Waals surface area contributed by atoms with Crippen molar-refractivity contribution in [2.75, 3.05) is 18.5 Å². The second kappa shape index (κ2) is 9.86. The Morgan fingerprint density at radius 3 is 2.37 bits per heavy atom. The van der Waals surface area contributed by atoms with Crippen molar-refractivity contribution in [3.05, 3.63) is 65.2 Å². The van der Waals surface area contributed by atoms with Crippen molar-refractivity contribution in [1.82, 2.24) is 5.32 Å². The van der Waals surface area contributed by atoms with E-state index in [0.717, 1.165) is 12.0 Å². The van der Waals surface area contributed by atoms with Gasteiger partial charge in [0, 0.05) is 11.3 Å². The Bertz CT molecular complexity index is 831. The van der Waals surface area contributed by atoms with Crippen LogP contribution in [0.15, 0.2) is 48.5 Å². The predicted octanol–water partition coefficient (Wildman–Crippen LogP) is 1.97. The molecule has 7 nitrogen and oxygen atoms in total. The molecule has 27 heavy (non-hydrogen) atoms. The summed E-state index contributed by atoms with van der Waals surface area (Å²) in [7, 11) is 0. The van der Waals surface area contributed by atoms with Crippen LogP contribution in [0.2, 0.25) is 0 Å². The van der Waals surface area contributed by atoms with Gasteiger partial charge >= 0.3 is 5.97 Å². The highest BCUT2D eigenvalue weighted by Gasteiger charge is 2.12. The quantitative estimate of drug-likeness (QED) is 0.548. The Morgan fingerprint density at radius 2 is 1.70 bits per heavy atom. The van der Waals surface area contributed by atoms with E-state index in [1.807, 2.05) is 25.1 Å². The van der Waals surface area contributed by atoms with E-state index in [-0.39, 0.29) is 18.0 Å². The lowest BCUT2D eigenvalue weighted by Gasteiger charge is -2.10. The van der Waals surface area contributed by atoms with Gasteiger partial charge in [-0.2, -0.15) is 0 Å². The van der Waals surface area contributed by atoms with Crippen molar-refractivity contribution in [3.63, 3.8) is 0 Å². The maximum atomic E-state index is 11.9. The van der Waals surface area contributed by atoms with Gasteiger partial charge in [0.2, 0.25) is 5.91 Å². The average Bonchev–Trinajstić information content (AvgIpc) is 2.71. The number of hydrogen-bond acceptors (Lipinski definition) is 5. The van der Waals surface area contributed by atoms with Crippen LogP contribution in [0.4, 0.5) is 5.69 Å². The number of esters is 1. The third-order valence-corrected chi connectivity index (χ3v) is 3.74. The molecule has 140 valence electrons. The molecule has 0 saturated heterocycles. The molecule has 0 saturated carbocycles. The minimum absolute atomic E-state index is 0.224. The van der Waals surface area contributed by atoms with Gasteiger partial charge in [0.1, 0.15) is 6.29 Å². The topological polar surface area (TPSA) is 102 Å². The summed E-state index contributed by atoms with van der Waals surface area (Å²) >= 11 is 0. The zero-order valence-electron chi connectivity index (χ0n) is 14.9. The highest BCUT2D eigenvalue weighted by atomic mass is 16.5. The molecule has 0 aliphatic carbocycles. The van der Waals surface area contributed by atoms with Crippen LogP contribution in [0.25, 0.3) is 0 Å². The Labute approximate surface area is 156 Å². The molecule has 2 N–H and O–H groups in total. The Morgan fingerprint density at radius 1 is 1.00 bits per heavy atom. The van der Waals surface area contributed by atoms with Crippen LogP contribution >= 0.6 is 0 Å². The number of aryl methyl sites for hydroxylation is 1. The number of anilines is 1. The van der Waals surface area contributed by atoms with Crippen LogP contribution in [-0.4, -0.2) is 37.2 Å². The van der Waals surface area contributed by atoms with Gasteiger partial charge < -0.3 is 15.4 Å². The molecular weight excluding hydrogens is 348 g/mol. The van der Waals surface area contributed by atoms with Crippen molar-refractivity contribution in [3.8, 4) is 0 Å². The molecule has 0 unspecified atom stereocenters. The SMILES string of the molecule is CCc1ccccc1NC(=O)CNC(=O)COC(=O)c1ccc(C=O)cc1. The van der Waals surface area contributed by atoms with Gasteiger partial charge in [-0.05, 0) is 30.2 Å². The van der Waals surface area contributed by atoms with Gasteiger partial charge in [-0.25, -0.2) is 4.79 Å². The number of carbonyl (C=O) groups is 4. The Balaban J connectivity index is 1.75. The lowest BCUT2D eigenvalue weighted by molar-refractivity contribution is -0.126. The third-order valence-electron chi connectivity index (χ3n) is 3.74. The first kappa shape index (κ1) is 19.8. The van der Waals surface area contributed by atoms with Gasteiger partial charge in [0.25, 0.3) is 5.91 Å². The summed E-state index contributed by atoms with van der Waals surface area (Å²) in [5.74, 6) is -1.66. The predicted molar refractivity (Wildman–Crippen MR) is 99.6 cm³/mol. The fraction of sp³-hybridized carbons (Fsp3) is 0.200. The molecule has 0 aliphatic rings. The third kappa shape index (κ3) is 6.07. The van der Waals surface area contributed by atoms with E-state index >= 15 is 0 Å². The molecule has 0 aliphatic heterocycles. The van der Waals surface area contributed by atoms with E-state index in [4.69, 9.17) is 4.74 Å². The van der Waals surface area contributed by atoms with E-state index in [9.17, 15) is 19.2 Å². The lowest BCUT2D eigenvalue weighted by atomic mass is 10.1. The number of amides is 2. The number of benzene rings is 2. The fourth-order valence-electron chi connectivity index (χ4n) is 2.29. The summed E-state index contributed by atoms with van der Waals surface area (Å²) in [5, 5.41) is 5.12. The maximum absolute atomic E-state index is 11.9. The number of carbonyl (C=O) groups excluding carboxylic acids is 4. The zero-order chi connectivity index (χ0) is 19.6. The average molecular weight is 368 g/mol. The normalized spacial score (nSPS) is 9.96. The first-order valence-corrected chi connectivity index (χ1v) is 8.40. The number of nitrogens with one attached hydrogen (secondary N) is 2. The minimum atomic E-state index is -0.691. The molecule has 0 heterocycles. The number of para-hydroxylation sites is 1. The summed E-state index contributed by atoms with van der Waals surface area (Å²) < 4.78 is 4.88. The molecule has 7 heteroatoms. The van der Waals surface area contributed by atoms with Crippen LogP contribution in [0.1, 0.15) is 33.2 Å². The van der Waals surface area contributed by atoms with Crippen molar-refractivity contribution in [2.24, 2.45) is 0 Å². The summed E-state index contributed by atoms with van der Waals surface area (Å²) in [4.78, 5) is 46.1. The van der Waals surface area contributed by atoms with Crippen LogP contribution in [0.3, 0.4) is 0 Å². The van der Waals surface area contributed by atoms with Gasteiger partial charge in [0.15, 0.2) is 6.61 Å². The first-order valence-electron chi connectivity index (χ1n) is 8.40. The Kier molecular flexibility index (Phi) is 7.25. The summed E-state index contributed by atoms with van der Waals surface area (Å²) in [5.41, 5.74) is 2.35. The molecule has 2 amide bonds. The summed E-state index contributed by atoms with van der Waals surface area (Å²) in [6.45, 7) is 1.24. The molecule has 2 aromatic rings. The summed E-state index contributed by atoms with van der Waals surface area (Å²) in [6, 6.07) is 13.2. The molecule has 2 aromatic carbocycles. The van der Waals surface area contributed by atoms with Crippen LogP contribution in [0.5, 0.6) is 0 Å². The van der Waals surface area contributed by atoms with Gasteiger partial charge in [0.05, 0.1) is 12.1 Å². The van der Waals surface area contributed by atoms with Crippen LogP contribution in [-0.2, 0) is 20.7 Å². The minimum Gasteiger partial charge on any atom is -0.452 e. The fourth-order valence-corrected chi connectivity index (χ4v) is 2.29. The first-order chi connectivity index (χ1) is 13.0. The molecule has 0 spiro atoms. The molecule has 0 fully saturated rings. The van der Waals surface area contributed by atoms with Crippen molar-refractivity contribution in [1.29, 1.82) is 0 Å². The largest absolute Gasteiger partial charge is 0.452 e. The standard InChI is InChI=1S/C20H20N2O5/c1-2-15-5-3-4-6-17(15)22-18(24)11-21-19(25)13-27-20(26)16-9-7-14(12-23)8-10-16/h3-10,12H,2,11,13H2,1H3,(H,21,25)(H,22,24).